The van der Waals surface area contributed by atoms with Crippen LogP contribution in [0.15, 0.2) is 11.8 Å². The van der Waals surface area contributed by atoms with E-state index in [1.165, 1.54) is 5.57 Å². The molecule has 0 saturated carbocycles. The summed E-state index contributed by atoms with van der Waals surface area (Å²) in [7, 11) is 2.78. The average molecular weight is 186 g/mol. The maximum atomic E-state index is 3.37. The number of nitrogens with one attached hydrogen (secondary N) is 2. The van der Waals surface area contributed by atoms with Gasteiger partial charge in [-0.2, -0.15) is 0 Å². The van der Waals surface area contributed by atoms with Gasteiger partial charge in [-0.3, -0.25) is 5.32 Å². The van der Waals surface area contributed by atoms with Crippen molar-refractivity contribution in [2.45, 2.75) is 26.4 Å². The molecule has 70 valence electrons. The smallest absolute Gasteiger partial charge is 0.0978 e. The Bertz CT molecular complexity index is 185. The molecule has 1 heterocycles. The van der Waals surface area contributed by atoms with Crippen molar-refractivity contribution in [1.82, 2.24) is 10.6 Å². The molecule has 2 nitrogen and oxygen atoms in total. The van der Waals surface area contributed by atoms with Crippen molar-refractivity contribution in [1.29, 1.82) is 0 Å². The van der Waals surface area contributed by atoms with Gasteiger partial charge in [0.05, 0.1) is 5.66 Å². The summed E-state index contributed by atoms with van der Waals surface area (Å²) in [6, 6.07) is 0. The summed E-state index contributed by atoms with van der Waals surface area (Å²) in [5.74, 6) is 0.657. The first kappa shape index (κ1) is 10.0. The van der Waals surface area contributed by atoms with Gasteiger partial charge >= 0.3 is 0 Å². The first-order valence-corrected chi connectivity index (χ1v) is 5.28. The van der Waals surface area contributed by atoms with Gasteiger partial charge in [0.1, 0.15) is 0 Å². The number of rotatable bonds is 4. The molecule has 1 saturated heterocycles. The standard InChI is InChI=1S/C9H19N2P/c1-7(8(2)5-12)4-10-9(3)6-11-9/h4,8,10-11H,5-6,12H2,1-3H3/b7-4+. The van der Waals surface area contributed by atoms with Crippen molar-refractivity contribution < 1.29 is 0 Å². The third kappa shape index (κ3) is 2.76. The van der Waals surface area contributed by atoms with Crippen LogP contribution in [0.3, 0.4) is 0 Å². The van der Waals surface area contributed by atoms with E-state index in [1.54, 1.807) is 0 Å². The summed E-state index contributed by atoms with van der Waals surface area (Å²) in [5.41, 5.74) is 1.60. The summed E-state index contributed by atoms with van der Waals surface area (Å²) in [6.45, 7) is 7.66. The second-order valence-electron chi connectivity index (χ2n) is 3.86. The van der Waals surface area contributed by atoms with Crippen LogP contribution in [0.1, 0.15) is 20.8 Å². The minimum atomic E-state index is 0.182. The van der Waals surface area contributed by atoms with Crippen molar-refractivity contribution >= 4 is 9.24 Å². The Morgan fingerprint density at radius 2 is 2.42 bits per heavy atom. The molecule has 1 aliphatic heterocycles. The summed E-state index contributed by atoms with van der Waals surface area (Å²) in [5, 5.41) is 6.63. The zero-order chi connectivity index (χ0) is 9.19. The molecule has 3 heteroatoms. The molecule has 1 rings (SSSR count). The van der Waals surface area contributed by atoms with E-state index in [9.17, 15) is 0 Å². The van der Waals surface area contributed by atoms with Gasteiger partial charge in [0, 0.05) is 6.54 Å². The van der Waals surface area contributed by atoms with Crippen LogP contribution in [0.25, 0.3) is 0 Å². The van der Waals surface area contributed by atoms with E-state index in [4.69, 9.17) is 0 Å². The molecule has 0 amide bonds. The van der Waals surface area contributed by atoms with E-state index in [1.807, 2.05) is 0 Å². The Balaban J connectivity index is 2.34. The van der Waals surface area contributed by atoms with E-state index >= 15 is 0 Å². The topological polar surface area (TPSA) is 34.0 Å². The predicted molar refractivity (Wildman–Crippen MR) is 57.0 cm³/mol. The molecule has 3 unspecified atom stereocenters. The summed E-state index contributed by atoms with van der Waals surface area (Å²) in [6.07, 6.45) is 3.27. The Kier molecular flexibility index (Phi) is 3.14. The average Bonchev–Trinajstić information content (AvgIpc) is 2.79. The quantitative estimate of drug-likeness (QED) is 0.512. The fraction of sp³-hybridized carbons (Fsp3) is 0.778. The van der Waals surface area contributed by atoms with Crippen LogP contribution in [-0.4, -0.2) is 18.4 Å². The third-order valence-electron chi connectivity index (χ3n) is 2.46. The molecule has 0 aliphatic carbocycles. The molecule has 0 aromatic heterocycles. The largest absolute Gasteiger partial charge is 0.372 e. The minimum Gasteiger partial charge on any atom is -0.372 e. The van der Waals surface area contributed by atoms with Gasteiger partial charge in [0.2, 0.25) is 0 Å². The van der Waals surface area contributed by atoms with Crippen molar-refractivity contribution in [3.05, 3.63) is 11.8 Å². The highest BCUT2D eigenvalue weighted by Crippen LogP contribution is 2.14. The molecule has 0 radical (unpaired) electrons. The lowest BCUT2D eigenvalue weighted by Crippen LogP contribution is -2.28. The second kappa shape index (κ2) is 3.76. The van der Waals surface area contributed by atoms with Gasteiger partial charge in [0.25, 0.3) is 0 Å². The van der Waals surface area contributed by atoms with Crippen molar-refractivity contribution in [3.63, 3.8) is 0 Å². The van der Waals surface area contributed by atoms with Crippen LogP contribution in [0.4, 0.5) is 0 Å². The number of hydrogen-bond acceptors (Lipinski definition) is 2. The molecular formula is C9H19N2P. The summed E-state index contributed by atoms with van der Waals surface area (Å²) < 4.78 is 0. The molecule has 0 aromatic rings. The molecule has 1 fully saturated rings. The molecular weight excluding hydrogens is 167 g/mol. The maximum absolute atomic E-state index is 3.37. The van der Waals surface area contributed by atoms with Gasteiger partial charge in [-0.1, -0.05) is 12.5 Å². The van der Waals surface area contributed by atoms with Crippen molar-refractivity contribution in [2.75, 3.05) is 12.7 Å². The van der Waals surface area contributed by atoms with E-state index in [0.717, 1.165) is 12.7 Å². The van der Waals surface area contributed by atoms with Crippen LogP contribution < -0.4 is 10.6 Å². The minimum absolute atomic E-state index is 0.182. The van der Waals surface area contributed by atoms with E-state index in [2.05, 4.69) is 46.8 Å². The maximum Gasteiger partial charge on any atom is 0.0978 e. The Labute approximate surface area is 77.4 Å². The summed E-state index contributed by atoms with van der Waals surface area (Å²) in [4.78, 5) is 0. The molecule has 0 spiro atoms. The van der Waals surface area contributed by atoms with E-state index < -0.39 is 0 Å². The Hall–Kier alpha value is -0.0700. The van der Waals surface area contributed by atoms with Crippen LogP contribution in [-0.2, 0) is 0 Å². The molecule has 12 heavy (non-hydrogen) atoms. The Morgan fingerprint density at radius 3 is 2.83 bits per heavy atom. The van der Waals surface area contributed by atoms with Gasteiger partial charge < -0.3 is 5.32 Å². The van der Waals surface area contributed by atoms with E-state index in [-0.39, 0.29) is 5.66 Å². The highest BCUT2D eigenvalue weighted by atomic mass is 31.0. The molecule has 3 atom stereocenters. The second-order valence-corrected chi connectivity index (χ2v) is 4.33. The Morgan fingerprint density at radius 1 is 1.83 bits per heavy atom. The van der Waals surface area contributed by atoms with Crippen molar-refractivity contribution in [3.8, 4) is 0 Å². The monoisotopic (exact) mass is 186 g/mol. The van der Waals surface area contributed by atoms with Gasteiger partial charge in [-0.05, 0) is 32.1 Å². The predicted octanol–water partition coefficient (Wildman–Crippen LogP) is 1.31. The van der Waals surface area contributed by atoms with Gasteiger partial charge in [-0.25, -0.2) is 0 Å². The van der Waals surface area contributed by atoms with Crippen LogP contribution in [0, 0.1) is 5.92 Å². The summed E-state index contributed by atoms with van der Waals surface area (Å²) >= 11 is 0. The fourth-order valence-corrected chi connectivity index (χ4v) is 1.21. The first-order valence-electron chi connectivity index (χ1n) is 4.47. The highest BCUT2D eigenvalue weighted by Gasteiger charge is 2.34. The van der Waals surface area contributed by atoms with Gasteiger partial charge in [-0.15, -0.1) is 9.24 Å². The zero-order valence-electron chi connectivity index (χ0n) is 8.15. The molecule has 0 aromatic carbocycles. The highest BCUT2D eigenvalue weighted by molar-refractivity contribution is 7.16. The number of allylic oxidation sites excluding steroid dienone is 1. The zero-order valence-corrected chi connectivity index (χ0v) is 9.30. The van der Waals surface area contributed by atoms with Crippen molar-refractivity contribution in [2.24, 2.45) is 5.92 Å². The fourth-order valence-electron chi connectivity index (χ4n) is 0.836. The van der Waals surface area contributed by atoms with Crippen LogP contribution in [0.5, 0.6) is 0 Å². The molecule has 0 bridgehead atoms. The van der Waals surface area contributed by atoms with Crippen LogP contribution in [0.2, 0.25) is 0 Å². The normalized spacial score (nSPS) is 31.5. The molecule has 2 N–H and O–H groups in total. The van der Waals surface area contributed by atoms with Crippen LogP contribution >= 0.6 is 9.24 Å². The van der Waals surface area contributed by atoms with E-state index in [0.29, 0.717) is 5.92 Å². The first-order chi connectivity index (χ1) is 5.57. The lowest BCUT2D eigenvalue weighted by Gasteiger charge is -2.12. The lowest BCUT2D eigenvalue weighted by atomic mass is 10.1. The SMILES string of the molecule is C/C(=C\NC1(C)CN1)C(C)CP. The number of hydrogen-bond donors (Lipinski definition) is 2. The van der Waals surface area contributed by atoms with Gasteiger partial charge in [0.15, 0.2) is 0 Å². The molecule has 1 aliphatic rings. The lowest BCUT2D eigenvalue weighted by molar-refractivity contribution is 0.612. The third-order valence-corrected chi connectivity index (χ3v) is 3.16.